The monoisotopic (exact) mass is 415 g/mol. The number of rotatable bonds is 5. The summed E-state index contributed by atoms with van der Waals surface area (Å²) in [6.07, 6.45) is 0. The number of pyridine rings is 1. The van der Waals surface area contributed by atoms with Crippen LogP contribution < -0.4 is 20.3 Å². The zero-order valence-corrected chi connectivity index (χ0v) is 17.4. The molecule has 2 aromatic carbocycles. The van der Waals surface area contributed by atoms with Crippen LogP contribution in [-0.2, 0) is 0 Å². The van der Waals surface area contributed by atoms with Crippen LogP contribution in [0.3, 0.4) is 0 Å². The van der Waals surface area contributed by atoms with Crippen LogP contribution in [0.1, 0.15) is 16.1 Å². The Bertz CT molecular complexity index is 1330. The molecule has 2 aromatic heterocycles. The fraction of sp³-hybridized carbons (Fsp3) is 0.125. The van der Waals surface area contributed by atoms with Gasteiger partial charge < -0.3 is 19.2 Å². The maximum Gasteiger partial charge on any atom is 0.262 e. The molecule has 31 heavy (non-hydrogen) atoms. The van der Waals surface area contributed by atoms with Gasteiger partial charge in [-0.05, 0) is 43.3 Å². The van der Waals surface area contributed by atoms with Crippen molar-refractivity contribution in [3.8, 4) is 11.5 Å². The number of ether oxygens (including phenoxy) is 2. The first-order valence-corrected chi connectivity index (χ1v) is 9.62. The van der Waals surface area contributed by atoms with E-state index in [-0.39, 0.29) is 17.0 Å². The molecular weight excluding hydrogens is 394 g/mol. The molecule has 2 heterocycles. The van der Waals surface area contributed by atoms with Gasteiger partial charge in [0.25, 0.3) is 5.91 Å². The van der Waals surface area contributed by atoms with Gasteiger partial charge in [-0.1, -0.05) is 30.3 Å². The Kier molecular flexibility index (Phi) is 5.66. The van der Waals surface area contributed by atoms with Crippen molar-refractivity contribution >= 4 is 28.4 Å². The Morgan fingerprint density at radius 2 is 1.71 bits per heavy atom. The first kappa shape index (κ1) is 20.2. The molecule has 0 saturated heterocycles. The fourth-order valence-electron chi connectivity index (χ4n) is 3.16. The van der Waals surface area contributed by atoms with Gasteiger partial charge in [-0.15, -0.1) is 0 Å². The lowest BCUT2D eigenvalue weighted by Crippen LogP contribution is -2.22. The Hall–Kier alpha value is -4.13. The second-order valence-electron chi connectivity index (χ2n) is 6.75. The van der Waals surface area contributed by atoms with Gasteiger partial charge in [0.05, 0.1) is 14.2 Å². The third kappa shape index (κ3) is 4.25. The summed E-state index contributed by atoms with van der Waals surface area (Å²) in [5.41, 5.74) is 2.21. The number of nitrogens with zero attached hydrogens (tertiary/aromatic N) is 2. The molecule has 0 unspecified atom stereocenters. The predicted octanol–water partition coefficient (Wildman–Crippen LogP) is 4.64. The van der Waals surface area contributed by atoms with Gasteiger partial charge >= 0.3 is 0 Å². The first-order chi connectivity index (χ1) is 15.1. The molecule has 0 fully saturated rings. The summed E-state index contributed by atoms with van der Waals surface area (Å²) in [4.78, 5) is 22.1. The van der Waals surface area contributed by atoms with Crippen LogP contribution in [-0.4, -0.2) is 25.1 Å². The van der Waals surface area contributed by atoms with E-state index in [4.69, 9.17) is 13.9 Å². The number of fused-ring (bicyclic) bond motifs is 1. The molecule has 7 nitrogen and oxygen atoms in total. The lowest BCUT2D eigenvalue weighted by Gasteiger charge is -2.09. The van der Waals surface area contributed by atoms with E-state index >= 15 is 0 Å². The molecule has 4 rings (SSSR count). The van der Waals surface area contributed by atoms with Gasteiger partial charge in [-0.2, -0.15) is 0 Å². The molecular formula is C24H21N3O4. The van der Waals surface area contributed by atoms with E-state index in [1.165, 1.54) is 0 Å². The molecule has 156 valence electrons. The van der Waals surface area contributed by atoms with Gasteiger partial charge in [0.15, 0.2) is 11.3 Å². The minimum absolute atomic E-state index is 0.131. The highest BCUT2D eigenvalue weighted by atomic mass is 16.5. The van der Waals surface area contributed by atoms with Crippen LogP contribution in [0.25, 0.3) is 11.0 Å². The van der Waals surface area contributed by atoms with Gasteiger partial charge in [-0.3, -0.25) is 4.79 Å². The molecule has 1 amide bonds. The van der Waals surface area contributed by atoms with Crippen molar-refractivity contribution in [2.24, 2.45) is 4.99 Å². The Balaban J connectivity index is 1.91. The summed E-state index contributed by atoms with van der Waals surface area (Å²) < 4.78 is 16.9. The molecule has 7 heteroatoms. The maximum absolute atomic E-state index is 13.2. The van der Waals surface area contributed by atoms with E-state index < -0.39 is 0 Å². The molecule has 0 aliphatic rings. The van der Waals surface area contributed by atoms with Gasteiger partial charge in [0, 0.05) is 11.1 Å². The van der Waals surface area contributed by atoms with E-state index in [1.54, 1.807) is 44.6 Å². The summed E-state index contributed by atoms with van der Waals surface area (Å²) in [6.45, 7) is 1.86. The van der Waals surface area contributed by atoms with Crippen LogP contribution >= 0.6 is 0 Å². The Morgan fingerprint density at radius 1 is 0.968 bits per heavy atom. The predicted molar refractivity (Wildman–Crippen MR) is 118 cm³/mol. The molecule has 0 radical (unpaired) electrons. The maximum atomic E-state index is 13.2. The number of amides is 1. The third-order valence-electron chi connectivity index (χ3n) is 4.64. The Labute approximate surface area is 179 Å². The molecule has 0 bridgehead atoms. The number of hydrogen-bond acceptors (Lipinski definition) is 6. The molecule has 0 atom stereocenters. The number of aryl methyl sites for hydroxylation is 1. The number of carbonyl (C=O) groups excluding carboxylic acids is 1. The van der Waals surface area contributed by atoms with Crippen LogP contribution in [0.15, 0.2) is 76.1 Å². The number of anilines is 1. The summed E-state index contributed by atoms with van der Waals surface area (Å²) in [5.74, 6) is 1.16. The average molecular weight is 415 g/mol. The first-order valence-electron chi connectivity index (χ1n) is 9.62. The SMILES string of the molecule is COc1ccccc1N=c1oc2c(OC)cccc2cc1C(=O)Nc1cccc(C)n1. The molecule has 0 saturated carbocycles. The minimum atomic E-state index is -0.389. The quantitative estimate of drug-likeness (QED) is 0.513. The number of carbonyl (C=O) groups is 1. The number of para-hydroxylation sites is 3. The second kappa shape index (κ2) is 8.71. The summed E-state index contributed by atoms with van der Waals surface area (Å²) >= 11 is 0. The van der Waals surface area contributed by atoms with E-state index in [1.807, 2.05) is 43.3 Å². The molecule has 0 spiro atoms. The largest absolute Gasteiger partial charge is 0.494 e. The number of methoxy groups -OCH3 is 2. The minimum Gasteiger partial charge on any atom is -0.494 e. The fourth-order valence-corrected chi connectivity index (χ4v) is 3.16. The summed E-state index contributed by atoms with van der Waals surface area (Å²) in [5, 5.41) is 3.52. The van der Waals surface area contributed by atoms with Crippen molar-refractivity contribution in [3.63, 3.8) is 0 Å². The van der Waals surface area contributed by atoms with E-state index in [0.29, 0.717) is 34.0 Å². The number of nitrogens with one attached hydrogen (secondary N) is 1. The zero-order chi connectivity index (χ0) is 21.8. The van der Waals surface area contributed by atoms with Gasteiger partial charge in [-0.25, -0.2) is 9.98 Å². The third-order valence-corrected chi connectivity index (χ3v) is 4.64. The van der Waals surface area contributed by atoms with Crippen molar-refractivity contribution in [1.82, 2.24) is 4.98 Å². The molecule has 0 aliphatic carbocycles. The molecule has 4 aromatic rings. The van der Waals surface area contributed by atoms with Crippen molar-refractivity contribution in [1.29, 1.82) is 0 Å². The summed E-state index contributed by atoms with van der Waals surface area (Å²) in [7, 11) is 3.12. The highest BCUT2D eigenvalue weighted by Crippen LogP contribution is 2.28. The van der Waals surface area contributed by atoms with Crippen LogP contribution in [0, 0.1) is 6.92 Å². The standard InChI is InChI=1S/C24H21N3O4/c1-15-8-6-13-21(25-15)27-23(28)17-14-16-9-7-12-20(30-3)22(16)31-24(17)26-18-10-4-5-11-19(18)29-2/h4-14H,1-3H3,(H,25,27,28). The Morgan fingerprint density at radius 3 is 2.48 bits per heavy atom. The van der Waals surface area contributed by atoms with Crippen LogP contribution in [0.2, 0.25) is 0 Å². The normalized spacial score (nSPS) is 11.4. The van der Waals surface area contributed by atoms with E-state index in [9.17, 15) is 4.79 Å². The van der Waals surface area contributed by atoms with Crippen LogP contribution in [0.5, 0.6) is 11.5 Å². The van der Waals surface area contributed by atoms with E-state index in [2.05, 4.69) is 15.3 Å². The van der Waals surface area contributed by atoms with E-state index in [0.717, 1.165) is 5.69 Å². The number of hydrogen-bond donors (Lipinski definition) is 1. The lowest BCUT2D eigenvalue weighted by atomic mass is 10.1. The molecule has 1 N–H and O–H groups in total. The average Bonchev–Trinajstić information content (AvgIpc) is 2.78. The van der Waals surface area contributed by atoms with Crippen molar-refractivity contribution in [2.45, 2.75) is 6.92 Å². The number of aromatic nitrogens is 1. The molecule has 0 aliphatic heterocycles. The van der Waals surface area contributed by atoms with Crippen LogP contribution in [0.4, 0.5) is 11.5 Å². The van der Waals surface area contributed by atoms with Gasteiger partial charge in [0.1, 0.15) is 22.8 Å². The van der Waals surface area contributed by atoms with Crippen molar-refractivity contribution in [3.05, 3.63) is 83.5 Å². The zero-order valence-electron chi connectivity index (χ0n) is 17.4. The number of benzene rings is 2. The lowest BCUT2D eigenvalue weighted by molar-refractivity contribution is 0.102. The topological polar surface area (TPSA) is 86.0 Å². The smallest absolute Gasteiger partial charge is 0.262 e. The van der Waals surface area contributed by atoms with Crippen molar-refractivity contribution in [2.75, 3.05) is 19.5 Å². The second-order valence-corrected chi connectivity index (χ2v) is 6.75. The highest BCUT2D eigenvalue weighted by molar-refractivity contribution is 6.05. The highest BCUT2D eigenvalue weighted by Gasteiger charge is 2.16. The van der Waals surface area contributed by atoms with Crippen molar-refractivity contribution < 1.29 is 18.7 Å². The van der Waals surface area contributed by atoms with Gasteiger partial charge in [0.2, 0.25) is 5.55 Å². The summed E-state index contributed by atoms with van der Waals surface area (Å²) in [6, 6.07) is 19.8.